The lowest BCUT2D eigenvalue weighted by molar-refractivity contribution is -0.214. The van der Waals surface area contributed by atoms with E-state index in [1.54, 1.807) is 24.8 Å². The first-order chi connectivity index (χ1) is 15.5. The van der Waals surface area contributed by atoms with Crippen LogP contribution in [0.4, 0.5) is 5.69 Å². The summed E-state index contributed by atoms with van der Waals surface area (Å²) < 4.78 is 0. The van der Waals surface area contributed by atoms with Crippen molar-refractivity contribution in [1.82, 2.24) is 10.0 Å². The Balaban J connectivity index is 0.000000330. The van der Waals surface area contributed by atoms with E-state index < -0.39 is 5.91 Å². The van der Waals surface area contributed by atoms with E-state index in [1.165, 1.54) is 45.4 Å². The van der Waals surface area contributed by atoms with Gasteiger partial charge in [0.05, 0.1) is 13.7 Å². The number of nitrogens with zero attached hydrogens (tertiary/aromatic N) is 2. The lowest BCUT2D eigenvalue weighted by atomic mass is 10.0. The summed E-state index contributed by atoms with van der Waals surface area (Å²) >= 11 is 0. The standard InChI is InChI=1S/C14H15N3O2.C10H16.CH4O2/c1-15-12-7-8-16-13(9-12)14(18)17(19)10-11-5-3-2-4-6-11;1-2-3-7-10-8-5-4-6-9-10;1-3-2/h2-9,19H,10H2,1H3,(H,15,16);5,8-9H,2-4,6-7H2,1H3;2H,1H3. The molecule has 0 aliphatic heterocycles. The number of benzene rings is 1. The van der Waals surface area contributed by atoms with Crippen LogP contribution in [-0.2, 0) is 11.4 Å². The maximum atomic E-state index is 12.0. The van der Waals surface area contributed by atoms with Crippen molar-refractivity contribution < 1.29 is 20.1 Å². The van der Waals surface area contributed by atoms with Gasteiger partial charge < -0.3 is 5.32 Å². The SMILES string of the molecule is CCCCC1=CCCC=C1.CNc1ccnc(C(=O)N(O)Cc2ccccc2)c1.COO. The number of rotatable bonds is 7. The van der Waals surface area contributed by atoms with Crippen molar-refractivity contribution in [3.05, 3.63) is 83.7 Å². The van der Waals surface area contributed by atoms with Crippen LogP contribution in [0.3, 0.4) is 0 Å². The quantitative estimate of drug-likeness (QED) is 0.289. The highest BCUT2D eigenvalue weighted by Crippen LogP contribution is 2.15. The van der Waals surface area contributed by atoms with Gasteiger partial charge in [-0.1, -0.05) is 67.5 Å². The van der Waals surface area contributed by atoms with Gasteiger partial charge in [-0.05, 0) is 43.4 Å². The van der Waals surface area contributed by atoms with Gasteiger partial charge in [0.2, 0.25) is 0 Å². The zero-order chi connectivity index (χ0) is 23.6. The van der Waals surface area contributed by atoms with Crippen LogP contribution in [0.2, 0.25) is 0 Å². The van der Waals surface area contributed by atoms with E-state index in [1.807, 2.05) is 30.3 Å². The van der Waals surface area contributed by atoms with E-state index in [9.17, 15) is 10.0 Å². The lowest BCUT2D eigenvalue weighted by Crippen LogP contribution is -2.27. The van der Waals surface area contributed by atoms with Crippen LogP contribution in [0.5, 0.6) is 0 Å². The highest BCUT2D eigenvalue weighted by molar-refractivity contribution is 5.92. The summed E-state index contributed by atoms with van der Waals surface area (Å²) in [4.78, 5) is 19.2. The Labute approximate surface area is 191 Å². The maximum Gasteiger partial charge on any atom is 0.296 e. The van der Waals surface area contributed by atoms with E-state index in [4.69, 9.17) is 5.26 Å². The zero-order valence-electron chi connectivity index (χ0n) is 19.2. The van der Waals surface area contributed by atoms with Crippen LogP contribution in [0.1, 0.15) is 55.1 Å². The first kappa shape index (κ1) is 27.0. The Morgan fingerprint density at radius 1 is 1.22 bits per heavy atom. The number of allylic oxidation sites excluding steroid dienone is 4. The van der Waals surface area contributed by atoms with E-state index in [2.05, 4.69) is 40.3 Å². The molecule has 0 radical (unpaired) electrons. The molecule has 0 saturated carbocycles. The highest BCUT2D eigenvalue weighted by Gasteiger charge is 2.15. The minimum atomic E-state index is -0.527. The average Bonchev–Trinajstić information content (AvgIpc) is 2.84. The van der Waals surface area contributed by atoms with Crippen molar-refractivity contribution in [2.24, 2.45) is 0 Å². The topological polar surface area (TPSA) is 94.9 Å². The molecule has 0 saturated heterocycles. The van der Waals surface area contributed by atoms with Gasteiger partial charge in [0, 0.05) is 18.9 Å². The fourth-order valence-corrected chi connectivity index (χ4v) is 2.90. The predicted molar refractivity (Wildman–Crippen MR) is 128 cm³/mol. The Morgan fingerprint density at radius 2 is 1.94 bits per heavy atom. The molecule has 7 heteroatoms. The van der Waals surface area contributed by atoms with Crippen LogP contribution < -0.4 is 5.32 Å². The highest BCUT2D eigenvalue weighted by atomic mass is 17.1. The summed E-state index contributed by atoms with van der Waals surface area (Å²) in [5.41, 5.74) is 3.37. The Hall–Kier alpha value is -3.00. The zero-order valence-corrected chi connectivity index (χ0v) is 19.2. The van der Waals surface area contributed by atoms with Crippen LogP contribution >= 0.6 is 0 Å². The monoisotopic (exact) mass is 441 g/mol. The van der Waals surface area contributed by atoms with Gasteiger partial charge in [-0.3, -0.25) is 20.2 Å². The predicted octanol–water partition coefficient (Wildman–Crippen LogP) is 5.71. The molecule has 174 valence electrons. The smallest absolute Gasteiger partial charge is 0.296 e. The molecular formula is C25H35N3O4. The largest absolute Gasteiger partial charge is 0.388 e. The second-order valence-corrected chi connectivity index (χ2v) is 7.07. The second kappa shape index (κ2) is 16.7. The van der Waals surface area contributed by atoms with Crippen molar-refractivity contribution in [1.29, 1.82) is 0 Å². The summed E-state index contributed by atoms with van der Waals surface area (Å²) in [6, 6.07) is 12.6. The van der Waals surface area contributed by atoms with Crippen LogP contribution in [0.25, 0.3) is 0 Å². The molecule has 7 nitrogen and oxygen atoms in total. The summed E-state index contributed by atoms with van der Waals surface area (Å²) in [5, 5.41) is 20.5. The number of hydrogen-bond donors (Lipinski definition) is 3. The number of nitrogens with one attached hydrogen (secondary N) is 1. The summed E-state index contributed by atoms with van der Waals surface area (Å²) in [7, 11) is 2.93. The van der Waals surface area contributed by atoms with Crippen LogP contribution in [-0.4, -0.2) is 40.6 Å². The molecule has 1 aliphatic rings. The minimum absolute atomic E-state index is 0.130. The molecule has 0 atom stereocenters. The number of anilines is 1. The van der Waals surface area contributed by atoms with Crippen molar-refractivity contribution in [3.8, 4) is 0 Å². The Kier molecular flexibility index (Phi) is 14.1. The number of unbranched alkanes of at least 4 members (excludes halogenated alkanes) is 1. The number of carbonyl (C=O) groups excluding carboxylic acids is 1. The number of pyridine rings is 1. The molecule has 2 aromatic rings. The molecule has 0 unspecified atom stereocenters. The van der Waals surface area contributed by atoms with Gasteiger partial charge in [-0.15, -0.1) is 0 Å². The van der Waals surface area contributed by atoms with Crippen molar-refractivity contribution >= 4 is 11.6 Å². The van der Waals surface area contributed by atoms with Crippen molar-refractivity contribution in [3.63, 3.8) is 0 Å². The summed E-state index contributed by atoms with van der Waals surface area (Å²) in [6.45, 7) is 2.37. The normalized spacial score (nSPS) is 11.8. The molecule has 1 aromatic carbocycles. The summed E-state index contributed by atoms with van der Waals surface area (Å²) in [6.07, 6.45) is 14.9. The number of hydrogen-bond acceptors (Lipinski definition) is 6. The van der Waals surface area contributed by atoms with Crippen molar-refractivity contribution in [2.45, 2.75) is 45.6 Å². The van der Waals surface area contributed by atoms with Crippen LogP contribution in [0.15, 0.2) is 72.5 Å². The number of amides is 1. The van der Waals surface area contributed by atoms with Gasteiger partial charge in [0.25, 0.3) is 5.91 Å². The maximum absolute atomic E-state index is 12.0. The lowest BCUT2D eigenvalue weighted by Gasteiger charge is -2.14. The van der Waals surface area contributed by atoms with E-state index >= 15 is 0 Å². The third kappa shape index (κ3) is 10.9. The van der Waals surface area contributed by atoms with E-state index in [0.29, 0.717) is 5.06 Å². The van der Waals surface area contributed by atoms with Crippen molar-refractivity contribution in [2.75, 3.05) is 19.5 Å². The number of aromatic nitrogens is 1. The minimum Gasteiger partial charge on any atom is -0.388 e. The number of carbonyl (C=O) groups is 1. The molecule has 1 amide bonds. The van der Waals surface area contributed by atoms with Gasteiger partial charge >= 0.3 is 0 Å². The van der Waals surface area contributed by atoms with E-state index in [-0.39, 0.29) is 12.2 Å². The molecule has 1 aromatic heterocycles. The Morgan fingerprint density at radius 3 is 2.53 bits per heavy atom. The molecular weight excluding hydrogens is 406 g/mol. The number of hydroxylamine groups is 2. The fourth-order valence-electron chi connectivity index (χ4n) is 2.90. The molecule has 0 bridgehead atoms. The molecule has 1 heterocycles. The average molecular weight is 442 g/mol. The molecule has 1 aliphatic carbocycles. The molecule has 32 heavy (non-hydrogen) atoms. The van der Waals surface area contributed by atoms with Gasteiger partial charge in [-0.25, -0.2) is 9.95 Å². The Bertz CT molecular complexity index is 838. The molecule has 0 fully saturated rings. The fraction of sp³-hybridized carbons (Fsp3) is 0.360. The molecule has 3 N–H and O–H groups in total. The molecule has 0 spiro atoms. The van der Waals surface area contributed by atoms with Gasteiger partial charge in [-0.2, -0.15) is 0 Å². The van der Waals surface area contributed by atoms with Crippen LogP contribution in [0, 0.1) is 0 Å². The van der Waals surface area contributed by atoms with Gasteiger partial charge in [0.1, 0.15) is 5.69 Å². The van der Waals surface area contributed by atoms with E-state index in [0.717, 1.165) is 11.3 Å². The second-order valence-electron chi connectivity index (χ2n) is 7.07. The third-order valence-electron chi connectivity index (χ3n) is 4.57. The third-order valence-corrected chi connectivity index (χ3v) is 4.57. The van der Waals surface area contributed by atoms with Gasteiger partial charge in [0.15, 0.2) is 0 Å². The first-order valence-electron chi connectivity index (χ1n) is 10.8. The molecule has 3 rings (SSSR count). The summed E-state index contributed by atoms with van der Waals surface area (Å²) in [5.74, 6) is -0.527. The first-order valence-corrected chi connectivity index (χ1v) is 10.8.